The van der Waals surface area contributed by atoms with Crippen LogP contribution in [0.25, 0.3) is 0 Å². The molecule has 1 rings (SSSR count). The van der Waals surface area contributed by atoms with Gasteiger partial charge in [0.25, 0.3) is 0 Å². The van der Waals surface area contributed by atoms with E-state index in [0.29, 0.717) is 0 Å². The van der Waals surface area contributed by atoms with E-state index >= 15 is 0 Å². The Labute approximate surface area is 80.6 Å². The van der Waals surface area contributed by atoms with Gasteiger partial charge in [-0.1, -0.05) is 6.92 Å². The van der Waals surface area contributed by atoms with Gasteiger partial charge in [0.1, 0.15) is 0 Å². The van der Waals surface area contributed by atoms with E-state index in [-0.39, 0.29) is 11.7 Å². The van der Waals surface area contributed by atoms with Crippen LogP contribution in [0.4, 0.5) is 0 Å². The SMILES string of the molecule is CCC(C)(C)ON1CCC(O)CC1. The lowest BCUT2D eigenvalue weighted by Crippen LogP contribution is -2.41. The minimum Gasteiger partial charge on any atom is -0.393 e. The Kier molecular flexibility index (Phi) is 3.71. The first kappa shape index (κ1) is 11.0. The molecule has 1 heterocycles. The minimum absolute atomic E-state index is 0.0672. The van der Waals surface area contributed by atoms with E-state index in [0.717, 1.165) is 32.4 Å². The maximum Gasteiger partial charge on any atom is 0.0841 e. The molecule has 0 saturated carbocycles. The number of aliphatic hydroxyl groups excluding tert-OH is 1. The van der Waals surface area contributed by atoms with Crippen molar-refractivity contribution in [1.29, 1.82) is 0 Å². The van der Waals surface area contributed by atoms with Gasteiger partial charge in [-0.25, -0.2) is 0 Å². The highest BCUT2D eigenvalue weighted by molar-refractivity contribution is 4.69. The van der Waals surface area contributed by atoms with Gasteiger partial charge in [0, 0.05) is 13.1 Å². The molecule has 0 atom stereocenters. The summed E-state index contributed by atoms with van der Waals surface area (Å²) >= 11 is 0. The fourth-order valence-corrected chi connectivity index (χ4v) is 1.35. The number of hydrogen-bond acceptors (Lipinski definition) is 3. The molecule has 13 heavy (non-hydrogen) atoms. The quantitative estimate of drug-likeness (QED) is 0.728. The molecule has 0 radical (unpaired) electrons. The number of hydroxylamine groups is 2. The average molecular weight is 187 g/mol. The lowest BCUT2D eigenvalue weighted by Gasteiger charge is -2.35. The number of nitrogens with zero attached hydrogens (tertiary/aromatic N) is 1. The van der Waals surface area contributed by atoms with Gasteiger partial charge in [0.2, 0.25) is 0 Å². The van der Waals surface area contributed by atoms with E-state index in [4.69, 9.17) is 4.84 Å². The smallest absolute Gasteiger partial charge is 0.0841 e. The molecule has 78 valence electrons. The third kappa shape index (κ3) is 3.63. The highest BCUT2D eigenvalue weighted by Gasteiger charge is 2.24. The van der Waals surface area contributed by atoms with Crippen molar-refractivity contribution in [2.24, 2.45) is 0 Å². The van der Waals surface area contributed by atoms with Gasteiger partial charge in [-0.2, -0.15) is 5.06 Å². The lowest BCUT2D eigenvalue weighted by atomic mass is 10.1. The summed E-state index contributed by atoms with van der Waals surface area (Å²) in [7, 11) is 0. The predicted octanol–water partition coefficient (Wildman–Crippen LogP) is 1.56. The Morgan fingerprint density at radius 3 is 2.38 bits per heavy atom. The molecule has 1 aliphatic rings. The zero-order chi connectivity index (χ0) is 9.90. The van der Waals surface area contributed by atoms with Crippen LogP contribution < -0.4 is 0 Å². The van der Waals surface area contributed by atoms with Crippen molar-refractivity contribution in [3.8, 4) is 0 Å². The van der Waals surface area contributed by atoms with Crippen molar-refractivity contribution in [3.63, 3.8) is 0 Å². The molecule has 3 heteroatoms. The molecule has 0 aromatic carbocycles. The molecular formula is C10H21NO2. The van der Waals surface area contributed by atoms with E-state index in [2.05, 4.69) is 20.8 Å². The minimum atomic E-state index is -0.121. The maximum absolute atomic E-state index is 9.30. The molecule has 0 spiro atoms. The van der Waals surface area contributed by atoms with Crippen LogP contribution in [-0.2, 0) is 4.84 Å². The highest BCUT2D eigenvalue weighted by atomic mass is 16.7. The Hall–Kier alpha value is -0.120. The maximum atomic E-state index is 9.30. The van der Waals surface area contributed by atoms with Gasteiger partial charge in [0.05, 0.1) is 11.7 Å². The van der Waals surface area contributed by atoms with Crippen LogP contribution in [0.2, 0.25) is 0 Å². The van der Waals surface area contributed by atoms with Crippen LogP contribution in [0.15, 0.2) is 0 Å². The zero-order valence-electron chi connectivity index (χ0n) is 8.92. The van der Waals surface area contributed by atoms with Crippen LogP contribution in [0.1, 0.15) is 40.0 Å². The first-order valence-corrected chi connectivity index (χ1v) is 5.15. The second kappa shape index (κ2) is 4.40. The van der Waals surface area contributed by atoms with Gasteiger partial charge in [0.15, 0.2) is 0 Å². The summed E-state index contributed by atoms with van der Waals surface area (Å²) in [5.74, 6) is 0. The van der Waals surface area contributed by atoms with Gasteiger partial charge >= 0.3 is 0 Å². The van der Waals surface area contributed by atoms with Crippen LogP contribution in [0.5, 0.6) is 0 Å². The summed E-state index contributed by atoms with van der Waals surface area (Å²) in [4.78, 5) is 5.80. The predicted molar refractivity (Wildman–Crippen MR) is 52.3 cm³/mol. The monoisotopic (exact) mass is 187 g/mol. The molecule has 1 N–H and O–H groups in total. The van der Waals surface area contributed by atoms with Crippen molar-refractivity contribution < 1.29 is 9.94 Å². The van der Waals surface area contributed by atoms with Crippen LogP contribution in [-0.4, -0.2) is 35.0 Å². The zero-order valence-corrected chi connectivity index (χ0v) is 8.92. The molecule has 0 unspecified atom stereocenters. The molecule has 1 aliphatic heterocycles. The van der Waals surface area contributed by atoms with E-state index in [1.165, 1.54) is 0 Å². The van der Waals surface area contributed by atoms with Crippen molar-refractivity contribution in [2.75, 3.05) is 13.1 Å². The van der Waals surface area contributed by atoms with E-state index < -0.39 is 0 Å². The Morgan fingerprint density at radius 2 is 1.92 bits per heavy atom. The third-order valence-electron chi connectivity index (χ3n) is 2.65. The van der Waals surface area contributed by atoms with Crippen molar-refractivity contribution in [1.82, 2.24) is 5.06 Å². The molecule has 0 bridgehead atoms. The van der Waals surface area contributed by atoms with Crippen molar-refractivity contribution in [3.05, 3.63) is 0 Å². The van der Waals surface area contributed by atoms with Crippen molar-refractivity contribution >= 4 is 0 Å². The molecule has 0 amide bonds. The summed E-state index contributed by atoms with van der Waals surface area (Å²) in [5, 5.41) is 11.3. The first-order valence-electron chi connectivity index (χ1n) is 5.15. The molecule has 0 aromatic heterocycles. The lowest BCUT2D eigenvalue weighted by molar-refractivity contribution is -0.248. The topological polar surface area (TPSA) is 32.7 Å². The fraction of sp³-hybridized carbons (Fsp3) is 1.00. The highest BCUT2D eigenvalue weighted by Crippen LogP contribution is 2.19. The number of rotatable bonds is 3. The number of aliphatic hydroxyl groups is 1. The summed E-state index contributed by atoms with van der Waals surface area (Å²) in [6.07, 6.45) is 2.55. The molecule has 0 aliphatic carbocycles. The largest absolute Gasteiger partial charge is 0.393 e. The molecule has 1 fully saturated rings. The molecule has 0 aromatic rings. The second-order valence-corrected chi connectivity index (χ2v) is 4.36. The average Bonchev–Trinajstić information content (AvgIpc) is 2.09. The van der Waals surface area contributed by atoms with E-state index in [1.54, 1.807) is 0 Å². The Bertz CT molecular complexity index is 151. The van der Waals surface area contributed by atoms with Gasteiger partial charge in [-0.3, -0.25) is 4.84 Å². The Balaban J connectivity index is 2.30. The van der Waals surface area contributed by atoms with E-state index in [9.17, 15) is 5.11 Å². The van der Waals surface area contributed by atoms with Crippen LogP contribution in [0, 0.1) is 0 Å². The normalized spacial score (nSPS) is 22.2. The summed E-state index contributed by atoms with van der Waals surface area (Å²) in [6.45, 7) is 8.02. The van der Waals surface area contributed by atoms with Crippen LogP contribution >= 0.6 is 0 Å². The Morgan fingerprint density at radius 1 is 1.38 bits per heavy atom. The van der Waals surface area contributed by atoms with Crippen LogP contribution in [0.3, 0.4) is 0 Å². The summed E-state index contributed by atoms with van der Waals surface area (Å²) in [5.41, 5.74) is -0.0672. The van der Waals surface area contributed by atoms with Gasteiger partial charge in [-0.05, 0) is 33.1 Å². The second-order valence-electron chi connectivity index (χ2n) is 4.36. The molecular weight excluding hydrogens is 166 g/mol. The van der Waals surface area contributed by atoms with Crippen molar-refractivity contribution in [2.45, 2.75) is 51.7 Å². The number of hydrogen-bond donors (Lipinski definition) is 1. The number of piperidine rings is 1. The van der Waals surface area contributed by atoms with E-state index in [1.807, 2.05) is 5.06 Å². The molecule has 3 nitrogen and oxygen atoms in total. The van der Waals surface area contributed by atoms with Gasteiger partial charge < -0.3 is 5.11 Å². The fourth-order valence-electron chi connectivity index (χ4n) is 1.35. The third-order valence-corrected chi connectivity index (χ3v) is 2.65. The first-order chi connectivity index (χ1) is 6.03. The standard InChI is InChI=1S/C10H21NO2/c1-4-10(2,3)13-11-7-5-9(12)6-8-11/h9,12H,4-8H2,1-3H3. The van der Waals surface area contributed by atoms with Gasteiger partial charge in [-0.15, -0.1) is 0 Å². The summed E-state index contributed by atoms with van der Waals surface area (Å²) < 4.78 is 0. The summed E-state index contributed by atoms with van der Waals surface area (Å²) in [6, 6.07) is 0. The molecule has 1 saturated heterocycles.